The second-order valence-electron chi connectivity index (χ2n) is 5.95. The first-order chi connectivity index (χ1) is 9.71. The number of nitrogens with one attached hydrogen (secondary N) is 1. The lowest BCUT2D eigenvalue weighted by molar-refractivity contribution is 0.0607. The van der Waals surface area contributed by atoms with Crippen LogP contribution < -0.4 is 11.1 Å². The smallest absolute Gasteiger partial charge is 0.350 e. The molecule has 0 aromatic carbocycles. The van der Waals surface area contributed by atoms with Crippen LogP contribution in [0.1, 0.15) is 23.5 Å². The third-order valence-corrected chi connectivity index (χ3v) is 5.05. The van der Waals surface area contributed by atoms with Crippen molar-refractivity contribution in [1.29, 1.82) is 0 Å². The normalized spacial score (nSPS) is 11.8. The van der Waals surface area contributed by atoms with Crippen LogP contribution in [-0.4, -0.2) is 51.4 Å². The van der Waals surface area contributed by atoms with Crippen LogP contribution in [0.4, 0.5) is 10.7 Å². The monoisotopic (exact) mass is 331 g/mol. The van der Waals surface area contributed by atoms with Crippen molar-refractivity contribution in [1.82, 2.24) is 4.90 Å². The summed E-state index contributed by atoms with van der Waals surface area (Å²) in [4.78, 5) is 15.3. The van der Waals surface area contributed by atoms with Crippen molar-refractivity contribution in [2.45, 2.75) is 18.7 Å². The van der Waals surface area contributed by atoms with E-state index in [0.717, 1.165) is 23.0 Å². The van der Waals surface area contributed by atoms with E-state index < -0.39 is 0 Å². The van der Waals surface area contributed by atoms with Crippen LogP contribution in [0.15, 0.2) is 4.90 Å². The molecule has 1 heterocycles. The Morgan fingerprint density at radius 1 is 1.48 bits per heavy atom. The summed E-state index contributed by atoms with van der Waals surface area (Å²) < 4.78 is 4.78. The predicted molar refractivity (Wildman–Crippen MR) is 92.7 cm³/mol. The molecule has 0 aliphatic rings. The highest BCUT2D eigenvalue weighted by Gasteiger charge is 2.24. The molecule has 21 heavy (non-hydrogen) atoms. The third kappa shape index (κ3) is 4.79. The maximum atomic E-state index is 11.7. The Balaban J connectivity index is 2.91. The van der Waals surface area contributed by atoms with Gasteiger partial charge < -0.3 is 20.7 Å². The average Bonchev–Trinajstić information content (AvgIpc) is 2.70. The van der Waals surface area contributed by atoms with Crippen molar-refractivity contribution >= 4 is 39.8 Å². The molecule has 120 valence electrons. The summed E-state index contributed by atoms with van der Waals surface area (Å²) in [6.45, 7) is 6.19. The number of carbonyl (C=O) groups is 1. The number of hydrogen-bond acceptors (Lipinski definition) is 7. The van der Waals surface area contributed by atoms with E-state index in [1.807, 2.05) is 6.26 Å². The number of nitrogen functional groups attached to an aromatic ring is 1. The number of rotatable bonds is 7. The number of thioether (sulfide) groups is 1. The van der Waals surface area contributed by atoms with E-state index in [1.54, 1.807) is 0 Å². The van der Waals surface area contributed by atoms with Crippen LogP contribution in [0, 0.1) is 5.41 Å². The highest BCUT2D eigenvalue weighted by molar-refractivity contribution is 7.99. The summed E-state index contributed by atoms with van der Waals surface area (Å²) in [5.74, 6) is -0.381. The lowest BCUT2D eigenvalue weighted by Crippen LogP contribution is -2.34. The largest absolute Gasteiger partial charge is 0.465 e. The number of thiophene rings is 1. The fourth-order valence-electron chi connectivity index (χ4n) is 2.22. The Labute approximate surface area is 135 Å². The van der Waals surface area contributed by atoms with Crippen molar-refractivity contribution in [3.63, 3.8) is 0 Å². The molecule has 1 aromatic rings. The molecule has 7 heteroatoms. The fraction of sp³-hybridized carbons (Fsp3) is 0.643. The molecule has 0 spiro atoms. The summed E-state index contributed by atoms with van der Waals surface area (Å²) in [5.41, 5.74) is 6.67. The minimum atomic E-state index is -0.381. The zero-order valence-corrected chi connectivity index (χ0v) is 15.2. The maximum absolute atomic E-state index is 11.7. The van der Waals surface area contributed by atoms with Crippen molar-refractivity contribution in [2.24, 2.45) is 5.41 Å². The van der Waals surface area contributed by atoms with Gasteiger partial charge in [-0.1, -0.05) is 13.8 Å². The SMILES string of the molecule is COC(=O)c1sc(NCC(C)(C)CN(C)C)c(SC)c1N. The highest BCUT2D eigenvalue weighted by atomic mass is 32.2. The molecule has 0 atom stereocenters. The zero-order chi connectivity index (χ0) is 16.2. The van der Waals surface area contributed by atoms with E-state index in [4.69, 9.17) is 10.5 Å². The minimum Gasteiger partial charge on any atom is -0.465 e. The quantitative estimate of drug-likeness (QED) is 0.591. The molecule has 0 aliphatic heterocycles. The Morgan fingerprint density at radius 3 is 2.57 bits per heavy atom. The molecule has 1 aromatic heterocycles. The summed E-state index contributed by atoms with van der Waals surface area (Å²) in [6, 6.07) is 0. The van der Waals surface area contributed by atoms with Crippen molar-refractivity contribution in [3.8, 4) is 0 Å². The second-order valence-corrected chi connectivity index (χ2v) is 7.79. The zero-order valence-electron chi connectivity index (χ0n) is 13.6. The van der Waals surface area contributed by atoms with E-state index in [2.05, 4.69) is 38.2 Å². The predicted octanol–water partition coefficient (Wildman–Crippen LogP) is 2.84. The fourth-order valence-corrected chi connectivity index (χ4v) is 4.17. The van der Waals surface area contributed by atoms with Crippen LogP contribution in [0.3, 0.4) is 0 Å². The highest BCUT2D eigenvalue weighted by Crippen LogP contribution is 2.42. The van der Waals surface area contributed by atoms with Gasteiger partial charge in [0.1, 0.15) is 9.88 Å². The van der Waals surface area contributed by atoms with Gasteiger partial charge in [-0.05, 0) is 25.8 Å². The number of carbonyl (C=O) groups excluding carboxylic acids is 1. The van der Waals surface area contributed by atoms with E-state index in [1.165, 1.54) is 30.2 Å². The van der Waals surface area contributed by atoms with Crippen LogP contribution in [0.5, 0.6) is 0 Å². The molecule has 3 N–H and O–H groups in total. The molecule has 0 unspecified atom stereocenters. The van der Waals surface area contributed by atoms with Crippen molar-refractivity contribution < 1.29 is 9.53 Å². The first kappa shape index (κ1) is 18.1. The standard InChI is InChI=1S/C14H25N3O2S2/c1-14(2,8-17(3)4)7-16-12-10(20-6)9(15)11(21-12)13(18)19-5/h16H,7-8,15H2,1-6H3. The van der Waals surface area contributed by atoms with Crippen LogP contribution in [-0.2, 0) is 4.74 Å². The van der Waals surface area contributed by atoms with Gasteiger partial charge >= 0.3 is 5.97 Å². The van der Waals surface area contributed by atoms with Gasteiger partial charge in [-0.2, -0.15) is 0 Å². The molecule has 1 rings (SSSR count). The van der Waals surface area contributed by atoms with Gasteiger partial charge in [0.2, 0.25) is 0 Å². The number of anilines is 2. The summed E-state index contributed by atoms with van der Waals surface area (Å²) in [5, 5.41) is 4.37. The van der Waals surface area contributed by atoms with Gasteiger partial charge in [-0.15, -0.1) is 23.1 Å². The minimum absolute atomic E-state index is 0.114. The molecule has 0 amide bonds. The second kappa shape index (κ2) is 7.38. The third-order valence-electron chi connectivity index (χ3n) is 2.95. The molecular weight excluding hydrogens is 306 g/mol. The molecule has 0 saturated carbocycles. The Morgan fingerprint density at radius 2 is 2.10 bits per heavy atom. The van der Waals surface area contributed by atoms with Gasteiger partial charge in [0, 0.05) is 13.1 Å². The maximum Gasteiger partial charge on any atom is 0.350 e. The Bertz CT molecular complexity index is 499. The number of hydrogen-bond donors (Lipinski definition) is 2. The topological polar surface area (TPSA) is 67.6 Å². The Hall–Kier alpha value is -0.920. The lowest BCUT2D eigenvalue weighted by atomic mass is 9.93. The van der Waals surface area contributed by atoms with Gasteiger partial charge in [0.25, 0.3) is 0 Å². The molecular formula is C14H25N3O2S2. The van der Waals surface area contributed by atoms with Gasteiger partial charge in [0.05, 0.1) is 17.7 Å². The van der Waals surface area contributed by atoms with Crippen LogP contribution in [0.2, 0.25) is 0 Å². The number of nitrogens with two attached hydrogens (primary N) is 1. The summed E-state index contributed by atoms with van der Waals surface area (Å²) in [6.07, 6.45) is 1.95. The molecule has 5 nitrogen and oxygen atoms in total. The molecule has 0 bridgehead atoms. The van der Waals surface area contributed by atoms with Gasteiger partial charge in [0.15, 0.2) is 0 Å². The molecule has 0 saturated heterocycles. The number of nitrogens with zero attached hydrogens (tertiary/aromatic N) is 1. The lowest BCUT2D eigenvalue weighted by Gasteiger charge is -2.28. The summed E-state index contributed by atoms with van der Waals surface area (Å²) >= 11 is 2.90. The number of methoxy groups -OCH3 is 1. The van der Waals surface area contributed by atoms with Gasteiger partial charge in [-0.25, -0.2) is 4.79 Å². The Kier molecular flexibility index (Phi) is 6.37. The van der Waals surface area contributed by atoms with E-state index >= 15 is 0 Å². The number of ether oxygens (including phenoxy) is 1. The van der Waals surface area contributed by atoms with Gasteiger partial charge in [-0.3, -0.25) is 0 Å². The van der Waals surface area contributed by atoms with Crippen LogP contribution in [0.25, 0.3) is 0 Å². The summed E-state index contributed by atoms with van der Waals surface area (Å²) in [7, 11) is 5.49. The van der Waals surface area contributed by atoms with Crippen LogP contribution >= 0.6 is 23.1 Å². The first-order valence-corrected chi connectivity index (χ1v) is 8.69. The van der Waals surface area contributed by atoms with Crippen molar-refractivity contribution in [2.75, 3.05) is 51.6 Å². The molecule has 0 fully saturated rings. The van der Waals surface area contributed by atoms with Crippen molar-refractivity contribution in [3.05, 3.63) is 4.88 Å². The first-order valence-electron chi connectivity index (χ1n) is 6.65. The molecule has 0 aliphatic carbocycles. The van der Waals surface area contributed by atoms with E-state index in [0.29, 0.717) is 10.6 Å². The molecule has 0 radical (unpaired) electrons. The van der Waals surface area contributed by atoms with E-state index in [-0.39, 0.29) is 11.4 Å². The van der Waals surface area contributed by atoms with E-state index in [9.17, 15) is 4.79 Å². The average molecular weight is 332 g/mol. The number of esters is 1.